The van der Waals surface area contributed by atoms with Crippen molar-refractivity contribution in [3.05, 3.63) is 63.9 Å². The van der Waals surface area contributed by atoms with E-state index in [0.29, 0.717) is 13.1 Å². The highest BCUT2D eigenvalue weighted by atomic mass is 35.5. The Bertz CT molecular complexity index is 915. The monoisotopic (exact) mass is 407 g/mol. The third-order valence-corrected chi connectivity index (χ3v) is 7.06. The van der Waals surface area contributed by atoms with Crippen LogP contribution in [0.2, 0.25) is 5.02 Å². The summed E-state index contributed by atoms with van der Waals surface area (Å²) in [6.07, 6.45) is 2.58. The molecule has 3 rings (SSSR count). The fourth-order valence-corrected chi connectivity index (χ4v) is 4.99. The molecule has 1 aliphatic rings. The van der Waals surface area contributed by atoms with Crippen LogP contribution in [0.5, 0.6) is 0 Å². The van der Waals surface area contributed by atoms with Gasteiger partial charge in [0.1, 0.15) is 0 Å². The Morgan fingerprint density at radius 2 is 2.00 bits per heavy atom. The van der Waals surface area contributed by atoms with Crippen molar-refractivity contribution in [3.63, 3.8) is 0 Å². The number of rotatable bonds is 5. The van der Waals surface area contributed by atoms with Gasteiger partial charge in [-0.2, -0.15) is 17.0 Å². The van der Waals surface area contributed by atoms with E-state index in [2.05, 4.69) is 18.2 Å². The summed E-state index contributed by atoms with van der Waals surface area (Å²) in [5.41, 5.74) is 4.26. The summed E-state index contributed by atoms with van der Waals surface area (Å²) < 4.78 is 27.8. The molecule has 27 heavy (non-hydrogen) atoms. The normalized spacial score (nSPS) is 18.8. The van der Waals surface area contributed by atoms with Gasteiger partial charge < -0.3 is 0 Å². The average Bonchev–Trinajstić information content (AvgIpc) is 2.61. The summed E-state index contributed by atoms with van der Waals surface area (Å²) in [5, 5.41) is 0.732. The first-order chi connectivity index (χ1) is 12.8. The lowest BCUT2D eigenvalue weighted by Crippen LogP contribution is -2.45. The fraction of sp³-hybridized carbons (Fsp3) is 0.450. The SMILES string of the molecule is Cc1cc(Cc2cccc(Cl)c2)cc([C@H]2CCCN(S(=O)(=O)N(C)C)C2)n1. The first-order valence-electron chi connectivity index (χ1n) is 9.15. The minimum Gasteiger partial charge on any atom is -0.258 e. The van der Waals surface area contributed by atoms with Crippen LogP contribution in [0.3, 0.4) is 0 Å². The molecule has 0 N–H and O–H groups in total. The van der Waals surface area contributed by atoms with Crippen LogP contribution < -0.4 is 0 Å². The van der Waals surface area contributed by atoms with Crippen LogP contribution in [-0.2, 0) is 16.6 Å². The molecule has 5 nitrogen and oxygen atoms in total. The third kappa shape index (κ3) is 4.88. The van der Waals surface area contributed by atoms with Gasteiger partial charge in [0, 0.05) is 49.5 Å². The molecule has 1 atom stereocenters. The zero-order valence-corrected chi connectivity index (χ0v) is 17.6. The van der Waals surface area contributed by atoms with Gasteiger partial charge in [0.05, 0.1) is 0 Å². The van der Waals surface area contributed by atoms with Gasteiger partial charge in [-0.25, -0.2) is 0 Å². The summed E-state index contributed by atoms with van der Waals surface area (Å²) in [6, 6.07) is 12.1. The molecule has 1 aliphatic heterocycles. The number of aryl methyl sites for hydroxylation is 1. The lowest BCUT2D eigenvalue weighted by atomic mass is 9.93. The van der Waals surface area contributed by atoms with E-state index in [1.807, 2.05) is 25.1 Å². The van der Waals surface area contributed by atoms with E-state index in [1.165, 1.54) is 9.87 Å². The van der Waals surface area contributed by atoms with Crippen LogP contribution in [0.15, 0.2) is 36.4 Å². The molecule has 1 aromatic heterocycles. The van der Waals surface area contributed by atoms with Crippen LogP contribution in [-0.4, -0.2) is 49.2 Å². The third-order valence-electron chi connectivity index (χ3n) is 4.92. The van der Waals surface area contributed by atoms with E-state index in [9.17, 15) is 8.42 Å². The molecular weight excluding hydrogens is 382 g/mol. The van der Waals surface area contributed by atoms with E-state index >= 15 is 0 Å². The minimum atomic E-state index is -3.39. The maximum absolute atomic E-state index is 12.5. The van der Waals surface area contributed by atoms with E-state index in [-0.39, 0.29) is 5.92 Å². The van der Waals surface area contributed by atoms with Gasteiger partial charge in [-0.05, 0) is 61.6 Å². The number of benzene rings is 1. The molecule has 0 saturated carbocycles. The Morgan fingerprint density at radius 3 is 2.70 bits per heavy atom. The highest BCUT2D eigenvalue weighted by Crippen LogP contribution is 2.29. The number of aromatic nitrogens is 1. The van der Waals surface area contributed by atoms with Gasteiger partial charge in [-0.3, -0.25) is 4.98 Å². The summed E-state index contributed by atoms with van der Waals surface area (Å²) in [5.74, 6) is 0.117. The van der Waals surface area contributed by atoms with E-state index in [4.69, 9.17) is 16.6 Å². The Labute approximate surface area is 167 Å². The molecule has 0 spiro atoms. The highest BCUT2D eigenvalue weighted by molar-refractivity contribution is 7.86. The molecule has 0 amide bonds. The van der Waals surface area contributed by atoms with Crippen molar-refractivity contribution in [1.82, 2.24) is 13.6 Å². The lowest BCUT2D eigenvalue weighted by Gasteiger charge is -2.33. The Morgan fingerprint density at radius 1 is 1.22 bits per heavy atom. The summed E-state index contributed by atoms with van der Waals surface area (Å²) >= 11 is 6.10. The van der Waals surface area contributed by atoms with Gasteiger partial charge >= 0.3 is 0 Å². The number of nitrogens with zero attached hydrogens (tertiary/aromatic N) is 3. The molecule has 0 unspecified atom stereocenters. The molecule has 2 heterocycles. The van der Waals surface area contributed by atoms with Crippen molar-refractivity contribution in [2.75, 3.05) is 27.2 Å². The van der Waals surface area contributed by atoms with Crippen molar-refractivity contribution < 1.29 is 8.42 Å². The van der Waals surface area contributed by atoms with Crippen molar-refractivity contribution in [2.24, 2.45) is 0 Å². The zero-order chi connectivity index (χ0) is 19.6. The number of piperidine rings is 1. The highest BCUT2D eigenvalue weighted by Gasteiger charge is 2.31. The zero-order valence-electron chi connectivity index (χ0n) is 16.0. The maximum atomic E-state index is 12.5. The number of pyridine rings is 1. The molecule has 0 radical (unpaired) electrons. The predicted molar refractivity (Wildman–Crippen MR) is 109 cm³/mol. The number of hydrogen-bond acceptors (Lipinski definition) is 3. The van der Waals surface area contributed by atoms with Crippen LogP contribution in [0, 0.1) is 6.92 Å². The summed E-state index contributed by atoms with van der Waals surface area (Å²) in [4.78, 5) is 4.72. The van der Waals surface area contributed by atoms with Gasteiger partial charge in [0.25, 0.3) is 10.2 Å². The molecule has 0 aliphatic carbocycles. The lowest BCUT2D eigenvalue weighted by molar-refractivity contribution is 0.296. The van der Waals surface area contributed by atoms with Crippen LogP contribution in [0.25, 0.3) is 0 Å². The summed E-state index contributed by atoms with van der Waals surface area (Å²) in [6.45, 7) is 3.04. The second-order valence-electron chi connectivity index (χ2n) is 7.34. The largest absolute Gasteiger partial charge is 0.281 e. The molecule has 1 aromatic carbocycles. The first-order valence-corrected chi connectivity index (χ1v) is 10.9. The standard InChI is InChI=1S/C20H26ClN3O2S/c1-15-10-17(11-16-6-4-8-19(21)12-16)13-20(22-15)18-7-5-9-24(14-18)27(25,26)23(2)3/h4,6,8,10,12-13,18H,5,7,9,11,14H2,1-3H3/t18-/m0/s1. The second-order valence-corrected chi connectivity index (χ2v) is 9.91. The second kappa shape index (κ2) is 8.27. The molecule has 1 fully saturated rings. The van der Waals surface area contributed by atoms with Crippen LogP contribution >= 0.6 is 11.6 Å². The maximum Gasteiger partial charge on any atom is 0.281 e. The number of halogens is 1. The van der Waals surface area contributed by atoms with Crippen molar-refractivity contribution in [2.45, 2.75) is 32.1 Å². The molecule has 2 aromatic rings. The van der Waals surface area contributed by atoms with E-state index < -0.39 is 10.2 Å². The van der Waals surface area contributed by atoms with Gasteiger partial charge in [0.2, 0.25) is 0 Å². The van der Waals surface area contributed by atoms with Crippen LogP contribution in [0.4, 0.5) is 0 Å². The smallest absolute Gasteiger partial charge is 0.258 e. The van der Waals surface area contributed by atoms with E-state index in [0.717, 1.165) is 41.2 Å². The van der Waals surface area contributed by atoms with Crippen molar-refractivity contribution in [3.8, 4) is 0 Å². The van der Waals surface area contributed by atoms with Gasteiger partial charge in [0.15, 0.2) is 0 Å². The average molecular weight is 408 g/mol. The number of hydrogen-bond donors (Lipinski definition) is 0. The minimum absolute atomic E-state index is 0.117. The fourth-order valence-electron chi connectivity index (χ4n) is 3.59. The first kappa shape index (κ1) is 20.3. The summed E-state index contributed by atoms with van der Waals surface area (Å²) in [7, 11) is -0.238. The van der Waals surface area contributed by atoms with Gasteiger partial charge in [-0.1, -0.05) is 23.7 Å². The Hall–Kier alpha value is -1.47. The van der Waals surface area contributed by atoms with Crippen molar-refractivity contribution in [1.29, 1.82) is 0 Å². The Kier molecular flexibility index (Phi) is 6.21. The van der Waals surface area contributed by atoms with Gasteiger partial charge in [-0.15, -0.1) is 0 Å². The molecular formula is C20H26ClN3O2S. The topological polar surface area (TPSA) is 53.5 Å². The quantitative estimate of drug-likeness (QED) is 0.760. The van der Waals surface area contributed by atoms with Crippen molar-refractivity contribution >= 4 is 21.8 Å². The molecule has 146 valence electrons. The molecule has 1 saturated heterocycles. The molecule has 7 heteroatoms. The molecule has 0 bridgehead atoms. The van der Waals surface area contributed by atoms with Crippen LogP contribution in [0.1, 0.15) is 41.3 Å². The van der Waals surface area contributed by atoms with E-state index in [1.54, 1.807) is 18.4 Å². The predicted octanol–water partition coefficient (Wildman–Crippen LogP) is 3.62. The Balaban J connectivity index is 1.83.